The van der Waals surface area contributed by atoms with Crippen LogP contribution in [0.2, 0.25) is 0 Å². The second-order valence-electron chi connectivity index (χ2n) is 4.48. The van der Waals surface area contributed by atoms with Crippen LogP contribution in [0.25, 0.3) is 17.2 Å². The minimum atomic E-state index is -0.945. The van der Waals surface area contributed by atoms with Crippen LogP contribution in [0.3, 0.4) is 0 Å². The summed E-state index contributed by atoms with van der Waals surface area (Å²) in [6, 6.07) is 13.8. The van der Waals surface area contributed by atoms with Gasteiger partial charge in [-0.1, -0.05) is 30.3 Å². The maximum atomic E-state index is 10.5. The standard InChI is InChI=1S/C17H16O3/c1-12-11-15(8-9-16(12)20-2)14-6-3-13(4-7-14)5-10-17(18)19/h3-11H,1-2H3,(H,18,19)/b10-5+. The predicted octanol–water partition coefficient (Wildman–Crippen LogP) is 3.77. The number of carbonyl (C=O) groups is 1. The molecule has 0 saturated heterocycles. The highest BCUT2D eigenvalue weighted by Crippen LogP contribution is 2.26. The first-order valence-corrected chi connectivity index (χ1v) is 6.26. The fraction of sp³-hybridized carbons (Fsp3) is 0.118. The number of methoxy groups -OCH3 is 1. The Morgan fingerprint density at radius 3 is 2.30 bits per heavy atom. The molecule has 102 valence electrons. The van der Waals surface area contributed by atoms with Gasteiger partial charge in [-0.25, -0.2) is 4.79 Å². The van der Waals surface area contributed by atoms with E-state index in [4.69, 9.17) is 9.84 Å². The molecule has 3 heteroatoms. The quantitative estimate of drug-likeness (QED) is 0.859. The topological polar surface area (TPSA) is 46.5 Å². The molecule has 0 aliphatic carbocycles. The third-order valence-corrected chi connectivity index (χ3v) is 3.06. The molecule has 0 aliphatic heterocycles. The maximum Gasteiger partial charge on any atom is 0.328 e. The van der Waals surface area contributed by atoms with Gasteiger partial charge in [-0.2, -0.15) is 0 Å². The highest BCUT2D eigenvalue weighted by molar-refractivity contribution is 5.85. The zero-order valence-electron chi connectivity index (χ0n) is 11.5. The first-order valence-electron chi connectivity index (χ1n) is 6.26. The molecule has 0 aromatic heterocycles. The smallest absolute Gasteiger partial charge is 0.328 e. The normalized spacial score (nSPS) is 10.7. The monoisotopic (exact) mass is 268 g/mol. The van der Waals surface area contributed by atoms with E-state index in [1.54, 1.807) is 13.2 Å². The summed E-state index contributed by atoms with van der Waals surface area (Å²) in [7, 11) is 1.66. The number of ether oxygens (including phenoxy) is 1. The zero-order chi connectivity index (χ0) is 14.5. The maximum absolute atomic E-state index is 10.5. The minimum Gasteiger partial charge on any atom is -0.496 e. The van der Waals surface area contributed by atoms with Crippen molar-refractivity contribution in [3.63, 3.8) is 0 Å². The molecule has 0 atom stereocenters. The van der Waals surface area contributed by atoms with Crippen molar-refractivity contribution in [2.75, 3.05) is 7.11 Å². The summed E-state index contributed by atoms with van der Waals surface area (Å²) < 4.78 is 5.24. The van der Waals surface area contributed by atoms with Gasteiger partial charge in [-0.05, 0) is 47.4 Å². The molecule has 0 aliphatic rings. The van der Waals surface area contributed by atoms with E-state index >= 15 is 0 Å². The molecule has 2 aromatic rings. The van der Waals surface area contributed by atoms with E-state index in [1.807, 2.05) is 43.3 Å². The SMILES string of the molecule is COc1ccc(-c2ccc(/C=C/C(=O)O)cc2)cc1C. The van der Waals surface area contributed by atoms with Gasteiger partial charge in [0.1, 0.15) is 5.75 Å². The van der Waals surface area contributed by atoms with Crippen LogP contribution in [-0.4, -0.2) is 18.2 Å². The number of hydrogen-bond acceptors (Lipinski definition) is 2. The van der Waals surface area contributed by atoms with E-state index in [1.165, 1.54) is 0 Å². The number of carboxylic acid groups (broad SMARTS) is 1. The second kappa shape index (κ2) is 6.06. The van der Waals surface area contributed by atoms with Crippen molar-refractivity contribution in [1.29, 1.82) is 0 Å². The number of carboxylic acids is 1. The summed E-state index contributed by atoms with van der Waals surface area (Å²) in [4.78, 5) is 10.5. The lowest BCUT2D eigenvalue weighted by Crippen LogP contribution is -1.88. The van der Waals surface area contributed by atoms with Crippen molar-refractivity contribution < 1.29 is 14.6 Å². The summed E-state index contributed by atoms with van der Waals surface area (Å²) in [5, 5.41) is 8.59. The van der Waals surface area contributed by atoms with Crippen LogP contribution in [0, 0.1) is 6.92 Å². The molecule has 0 bridgehead atoms. The number of aliphatic carboxylic acids is 1. The number of aryl methyl sites for hydroxylation is 1. The first kappa shape index (κ1) is 13.9. The molecule has 3 nitrogen and oxygen atoms in total. The van der Waals surface area contributed by atoms with Crippen molar-refractivity contribution in [1.82, 2.24) is 0 Å². The molecule has 0 unspecified atom stereocenters. The minimum absolute atomic E-state index is 0.862. The van der Waals surface area contributed by atoms with E-state index in [-0.39, 0.29) is 0 Å². The van der Waals surface area contributed by atoms with Gasteiger partial charge < -0.3 is 9.84 Å². The Balaban J connectivity index is 2.26. The van der Waals surface area contributed by atoms with E-state index in [9.17, 15) is 4.79 Å². The molecule has 0 amide bonds. The van der Waals surface area contributed by atoms with Gasteiger partial charge in [0, 0.05) is 6.08 Å². The largest absolute Gasteiger partial charge is 0.496 e. The third kappa shape index (κ3) is 3.26. The van der Waals surface area contributed by atoms with Crippen LogP contribution in [-0.2, 0) is 4.79 Å². The Kier molecular flexibility index (Phi) is 4.20. The Hall–Kier alpha value is -2.55. The van der Waals surface area contributed by atoms with Gasteiger partial charge in [0.25, 0.3) is 0 Å². The number of hydrogen-bond donors (Lipinski definition) is 1. The molecule has 20 heavy (non-hydrogen) atoms. The fourth-order valence-electron chi connectivity index (χ4n) is 2.01. The molecule has 0 fully saturated rings. The lowest BCUT2D eigenvalue weighted by Gasteiger charge is -2.08. The van der Waals surface area contributed by atoms with Crippen molar-refractivity contribution in [3.05, 3.63) is 59.7 Å². The predicted molar refractivity (Wildman–Crippen MR) is 79.8 cm³/mol. The lowest BCUT2D eigenvalue weighted by molar-refractivity contribution is -0.131. The molecule has 2 rings (SSSR count). The first-order chi connectivity index (χ1) is 9.60. The van der Waals surface area contributed by atoms with Crippen molar-refractivity contribution in [2.24, 2.45) is 0 Å². The molecule has 2 aromatic carbocycles. The van der Waals surface area contributed by atoms with E-state index in [0.29, 0.717) is 0 Å². The van der Waals surface area contributed by atoms with Crippen LogP contribution in [0.1, 0.15) is 11.1 Å². The van der Waals surface area contributed by atoms with E-state index in [0.717, 1.165) is 34.1 Å². The van der Waals surface area contributed by atoms with E-state index < -0.39 is 5.97 Å². The van der Waals surface area contributed by atoms with Gasteiger partial charge in [0.2, 0.25) is 0 Å². The Morgan fingerprint density at radius 1 is 1.10 bits per heavy atom. The Labute approximate surface area is 118 Å². The molecule has 0 heterocycles. The molecule has 0 saturated carbocycles. The Morgan fingerprint density at radius 2 is 1.75 bits per heavy atom. The highest BCUT2D eigenvalue weighted by atomic mass is 16.5. The number of benzene rings is 2. The van der Waals surface area contributed by atoms with Gasteiger partial charge >= 0.3 is 5.97 Å². The lowest BCUT2D eigenvalue weighted by atomic mass is 10.0. The second-order valence-corrected chi connectivity index (χ2v) is 4.48. The van der Waals surface area contributed by atoms with E-state index in [2.05, 4.69) is 6.07 Å². The van der Waals surface area contributed by atoms with Gasteiger partial charge in [-0.3, -0.25) is 0 Å². The van der Waals surface area contributed by atoms with Crippen molar-refractivity contribution in [3.8, 4) is 16.9 Å². The average Bonchev–Trinajstić information content (AvgIpc) is 2.45. The van der Waals surface area contributed by atoms with Crippen LogP contribution in [0.15, 0.2) is 48.5 Å². The van der Waals surface area contributed by atoms with Gasteiger partial charge in [-0.15, -0.1) is 0 Å². The Bertz CT molecular complexity index is 640. The number of rotatable bonds is 4. The van der Waals surface area contributed by atoms with Crippen LogP contribution in [0.4, 0.5) is 0 Å². The average molecular weight is 268 g/mol. The van der Waals surface area contributed by atoms with Crippen LogP contribution >= 0.6 is 0 Å². The molecular weight excluding hydrogens is 252 g/mol. The summed E-state index contributed by atoms with van der Waals surface area (Å²) >= 11 is 0. The summed E-state index contributed by atoms with van der Waals surface area (Å²) in [6.07, 6.45) is 2.71. The van der Waals surface area contributed by atoms with Gasteiger partial charge in [0.05, 0.1) is 7.11 Å². The fourth-order valence-corrected chi connectivity index (χ4v) is 2.01. The molecular formula is C17H16O3. The summed E-state index contributed by atoms with van der Waals surface area (Å²) in [5.74, 6) is -0.0744. The summed E-state index contributed by atoms with van der Waals surface area (Å²) in [5.41, 5.74) is 4.14. The third-order valence-electron chi connectivity index (χ3n) is 3.06. The van der Waals surface area contributed by atoms with Crippen molar-refractivity contribution in [2.45, 2.75) is 6.92 Å². The molecule has 0 radical (unpaired) electrons. The van der Waals surface area contributed by atoms with Crippen molar-refractivity contribution >= 4 is 12.0 Å². The summed E-state index contributed by atoms with van der Waals surface area (Å²) in [6.45, 7) is 2.01. The molecule has 1 N–H and O–H groups in total. The zero-order valence-corrected chi connectivity index (χ0v) is 11.5. The van der Waals surface area contributed by atoms with Crippen LogP contribution in [0.5, 0.6) is 5.75 Å². The highest BCUT2D eigenvalue weighted by Gasteiger charge is 2.02. The van der Waals surface area contributed by atoms with Crippen LogP contribution < -0.4 is 4.74 Å². The molecule has 0 spiro atoms. The van der Waals surface area contributed by atoms with Gasteiger partial charge in [0.15, 0.2) is 0 Å².